The van der Waals surface area contributed by atoms with Crippen molar-refractivity contribution in [1.29, 1.82) is 0 Å². The SMILES string of the molecule is O=C=NC1C=CCC=c2ccccc2=C1. The summed E-state index contributed by atoms with van der Waals surface area (Å²) in [6, 6.07) is 7.89. The number of carbonyl (C=O) groups excluding carboxylic acids is 1. The van der Waals surface area contributed by atoms with Gasteiger partial charge in [0, 0.05) is 0 Å². The molecular weight excluding hydrogens is 186 g/mol. The number of allylic oxidation sites excluding steroid dienone is 1. The van der Waals surface area contributed by atoms with E-state index in [0.717, 1.165) is 11.6 Å². The second-order valence-corrected chi connectivity index (χ2v) is 3.37. The van der Waals surface area contributed by atoms with Crippen molar-refractivity contribution in [2.75, 3.05) is 0 Å². The molecule has 1 aliphatic carbocycles. The lowest BCUT2D eigenvalue weighted by Crippen LogP contribution is -2.26. The molecule has 2 rings (SSSR count). The van der Waals surface area contributed by atoms with Crippen LogP contribution in [0.15, 0.2) is 41.4 Å². The lowest BCUT2D eigenvalue weighted by atomic mass is 10.1. The van der Waals surface area contributed by atoms with Gasteiger partial charge < -0.3 is 0 Å². The third kappa shape index (κ3) is 2.30. The Bertz CT molecular complexity index is 536. The summed E-state index contributed by atoms with van der Waals surface area (Å²) in [5.41, 5.74) is 0. The van der Waals surface area contributed by atoms with Gasteiger partial charge in [0.05, 0.1) is 6.04 Å². The molecule has 0 saturated heterocycles. The van der Waals surface area contributed by atoms with Crippen LogP contribution >= 0.6 is 0 Å². The molecule has 2 heteroatoms. The highest BCUT2D eigenvalue weighted by Gasteiger charge is 1.98. The van der Waals surface area contributed by atoms with Crippen LogP contribution in [0, 0.1) is 0 Å². The number of hydrogen-bond donors (Lipinski definition) is 0. The summed E-state index contributed by atoms with van der Waals surface area (Å²) in [5, 5.41) is 2.30. The quantitative estimate of drug-likeness (QED) is 0.374. The molecule has 0 fully saturated rings. The first kappa shape index (κ1) is 9.63. The first-order valence-corrected chi connectivity index (χ1v) is 4.91. The zero-order valence-electron chi connectivity index (χ0n) is 8.26. The van der Waals surface area contributed by atoms with Gasteiger partial charge in [-0.15, -0.1) is 0 Å². The van der Waals surface area contributed by atoms with Gasteiger partial charge in [0.2, 0.25) is 6.08 Å². The summed E-state index contributed by atoms with van der Waals surface area (Å²) < 4.78 is 0. The van der Waals surface area contributed by atoms with Crippen molar-refractivity contribution in [3.05, 3.63) is 46.9 Å². The van der Waals surface area contributed by atoms with Crippen molar-refractivity contribution in [3.63, 3.8) is 0 Å². The van der Waals surface area contributed by atoms with Crippen molar-refractivity contribution >= 4 is 18.2 Å². The van der Waals surface area contributed by atoms with E-state index in [1.807, 2.05) is 36.4 Å². The third-order valence-electron chi connectivity index (χ3n) is 2.36. The van der Waals surface area contributed by atoms with Gasteiger partial charge in [0.1, 0.15) is 0 Å². The minimum absolute atomic E-state index is 0.183. The molecule has 0 heterocycles. The molecule has 0 aromatic heterocycles. The highest BCUT2D eigenvalue weighted by atomic mass is 16.1. The fourth-order valence-electron chi connectivity index (χ4n) is 1.64. The van der Waals surface area contributed by atoms with E-state index in [0.29, 0.717) is 0 Å². The Labute approximate surface area is 88.0 Å². The van der Waals surface area contributed by atoms with Crippen LogP contribution in [0.2, 0.25) is 0 Å². The zero-order valence-corrected chi connectivity index (χ0v) is 8.26. The third-order valence-corrected chi connectivity index (χ3v) is 2.36. The summed E-state index contributed by atoms with van der Waals surface area (Å²) in [4.78, 5) is 14.0. The summed E-state index contributed by atoms with van der Waals surface area (Å²) >= 11 is 0. The first-order valence-electron chi connectivity index (χ1n) is 4.91. The Morgan fingerprint density at radius 3 is 2.87 bits per heavy atom. The molecule has 0 bridgehead atoms. The van der Waals surface area contributed by atoms with Gasteiger partial charge in [0.25, 0.3) is 0 Å². The Hall–Kier alpha value is -1.92. The zero-order chi connectivity index (χ0) is 10.5. The van der Waals surface area contributed by atoms with Crippen molar-refractivity contribution in [1.82, 2.24) is 0 Å². The lowest BCUT2D eigenvalue weighted by molar-refractivity contribution is 0.563. The average molecular weight is 197 g/mol. The number of nitrogens with zero attached hydrogens (tertiary/aromatic N) is 1. The van der Waals surface area contributed by atoms with E-state index in [9.17, 15) is 4.79 Å². The molecule has 1 atom stereocenters. The summed E-state index contributed by atoms with van der Waals surface area (Å²) in [5.74, 6) is 0. The molecule has 2 nitrogen and oxygen atoms in total. The topological polar surface area (TPSA) is 29.4 Å². The van der Waals surface area contributed by atoms with Crippen LogP contribution in [0.4, 0.5) is 0 Å². The largest absolute Gasteiger partial charge is 0.235 e. The monoisotopic (exact) mass is 197 g/mol. The Kier molecular flexibility index (Phi) is 2.91. The van der Waals surface area contributed by atoms with Crippen molar-refractivity contribution in [2.45, 2.75) is 12.5 Å². The Morgan fingerprint density at radius 1 is 1.27 bits per heavy atom. The normalized spacial score (nSPS) is 18.5. The molecule has 0 saturated carbocycles. The molecule has 0 spiro atoms. The van der Waals surface area contributed by atoms with Crippen molar-refractivity contribution in [3.8, 4) is 0 Å². The first-order chi connectivity index (χ1) is 7.40. The van der Waals surface area contributed by atoms with E-state index in [4.69, 9.17) is 0 Å². The van der Waals surface area contributed by atoms with Crippen LogP contribution in [0.5, 0.6) is 0 Å². The molecule has 0 aliphatic heterocycles. The predicted molar refractivity (Wildman–Crippen MR) is 60.3 cm³/mol. The lowest BCUT2D eigenvalue weighted by Gasteiger charge is -2.00. The molecule has 74 valence electrons. The molecule has 0 amide bonds. The van der Waals surface area contributed by atoms with E-state index in [2.05, 4.69) is 17.1 Å². The van der Waals surface area contributed by atoms with E-state index < -0.39 is 0 Å². The van der Waals surface area contributed by atoms with Gasteiger partial charge in [-0.3, -0.25) is 0 Å². The van der Waals surface area contributed by atoms with Gasteiger partial charge in [-0.2, -0.15) is 4.99 Å². The van der Waals surface area contributed by atoms with Crippen LogP contribution in [-0.2, 0) is 4.79 Å². The van der Waals surface area contributed by atoms with Crippen LogP contribution in [0.1, 0.15) is 6.42 Å². The fraction of sp³-hybridized carbons (Fsp3) is 0.154. The molecule has 1 aromatic carbocycles. The molecular formula is C13H11NO. The van der Waals surface area contributed by atoms with Crippen LogP contribution in [-0.4, -0.2) is 12.1 Å². The number of isocyanates is 1. The van der Waals surface area contributed by atoms with Crippen LogP contribution < -0.4 is 10.4 Å². The second-order valence-electron chi connectivity index (χ2n) is 3.37. The fourth-order valence-corrected chi connectivity index (χ4v) is 1.64. The number of benzene rings is 1. The molecule has 1 unspecified atom stereocenters. The number of hydrogen-bond acceptors (Lipinski definition) is 2. The molecule has 1 aromatic rings. The van der Waals surface area contributed by atoms with Crippen molar-refractivity contribution in [2.24, 2.45) is 4.99 Å². The Morgan fingerprint density at radius 2 is 2.07 bits per heavy atom. The average Bonchev–Trinajstić information content (AvgIpc) is 2.22. The molecule has 1 aliphatic rings. The van der Waals surface area contributed by atoms with Gasteiger partial charge in [-0.25, -0.2) is 4.79 Å². The Balaban J connectivity index is 2.61. The standard InChI is InChI=1S/C13H11NO/c15-10-14-13-8-4-3-6-11-5-1-2-7-12(11)9-13/h1-2,4-9,13H,3H2. The smallest absolute Gasteiger partial charge is 0.211 e. The van der Waals surface area contributed by atoms with Crippen LogP contribution in [0.3, 0.4) is 0 Å². The summed E-state index contributed by atoms with van der Waals surface area (Å²) in [6.07, 6.45) is 10.5. The minimum Gasteiger partial charge on any atom is -0.211 e. The van der Waals surface area contributed by atoms with Crippen LogP contribution in [0.25, 0.3) is 12.2 Å². The highest BCUT2D eigenvalue weighted by Crippen LogP contribution is 1.98. The summed E-state index contributed by atoms with van der Waals surface area (Å²) in [6.45, 7) is 0. The number of rotatable bonds is 1. The summed E-state index contributed by atoms with van der Waals surface area (Å²) in [7, 11) is 0. The van der Waals surface area contributed by atoms with E-state index in [1.165, 1.54) is 5.22 Å². The van der Waals surface area contributed by atoms with Gasteiger partial charge in [0.15, 0.2) is 0 Å². The highest BCUT2D eigenvalue weighted by molar-refractivity contribution is 5.45. The van der Waals surface area contributed by atoms with Gasteiger partial charge >= 0.3 is 0 Å². The molecule has 15 heavy (non-hydrogen) atoms. The van der Waals surface area contributed by atoms with Gasteiger partial charge in [-0.1, -0.05) is 42.5 Å². The molecule has 0 radical (unpaired) electrons. The van der Waals surface area contributed by atoms with Gasteiger partial charge in [-0.05, 0) is 22.9 Å². The maximum atomic E-state index is 10.2. The maximum absolute atomic E-state index is 10.2. The predicted octanol–water partition coefficient (Wildman–Crippen LogP) is 0.912. The van der Waals surface area contributed by atoms with E-state index in [1.54, 1.807) is 6.08 Å². The molecule has 0 N–H and O–H groups in total. The maximum Gasteiger partial charge on any atom is 0.235 e. The second kappa shape index (κ2) is 4.54. The minimum atomic E-state index is -0.183. The van der Waals surface area contributed by atoms with E-state index in [-0.39, 0.29) is 6.04 Å². The number of fused-ring (bicyclic) bond motifs is 1. The van der Waals surface area contributed by atoms with E-state index >= 15 is 0 Å². The van der Waals surface area contributed by atoms with Crippen molar-refractivity contribution < 1.29 is 4.79 Å². The number of aliphatic imine (C=N–C) groups is 1.